The quantitative estimate of drug-likeness (QED) is 0.732. The van der Waals surface area contributed by atoms with Crippen LogP contribution in [0, 0.1) is 6.92 Å². The molecule has 0 N–H and O–H groups in total. The summed E-state index contributed by atoms with van der Waals surface area (Å²) in [5.41, 5.74) is 2.10. The Morgan fingerprint density at radius 1 is 1.54 bits per heavy atom. The molecular formula is C10H17ClN2. The van der Waals surface area contributed by atoms with Gasteiger partial charge in [-0.1, -0.05) is 31.9 Å². The van der Waals surface area contributed by atoms with Gasteiger partial charge in [0.1, 0.15) is 0 Å². The second kappa shape index (κ2) is 4.14. The number of halogens is 1. The number of aryl methyl sites for hydroxylation is 2. The van der Waals surface area contributed by atoms with E-state index in [-0.39, 0.29) is 0 Å². The molecule has 1 aromatic heterocycles. The minimum Gasteiger partial charge on any atom is -0.271 e. The fraction of sp³-hybridized carbons (Fsp3) is 0.700. The molecule has 0 radical (unpaired) electrons. The van der Waals surface area contributed by atoms with Gasteiger partial charge < -0.3 is 0 Å². The smallest absolute Gasteiger partial charge is 0.0849 e. The minimum absolute atomic E-state index is 0.503. The molecule has 0 saturated carbocycles. The van der Waals surface area contributed by atoms with E-state index in [1.807, 2.05) is 18.7 Å². The number of hydrogen-bond donors (Lipinski definition) is 0. The van der Waals surface area contributed by atoms with Gasteiger partial charge in [-0.3, -0.25) is 4.68 Å². The number of nitrogens with zero attached hydrogens (tertiary/aromatic N) is 2. The zero-order chi connectivity index (χ0) is 10.0. The Labute approximate surface area is 84.9 Å². The van der Waals surface area contributed by atoms with Crippen molar-refractivity contribution >= 4 is 11.6 Å². The van der Waals surface area contributed by atoms with E-state index in [1.165, 1.54) is 18.5 Å². The van der Waals surface area contributed by atoms with Crippen LogP contribution in [0.15, 0.2) is 0 Å². The van der Waals surface area contributed by atoms with E-state index in [4.69, 9.17) is 11.6 Å². The summed E-state index contributed by atoms with van der Waals surface area (Å²) < 4.78 is 1.90. The molecule has 1 aromatic rings. The summed E-state index contributed by atoms with van der Waals surface area (Å²) in [7, 11) is 1.96. The Hall–Kier alpha value is -0.500. The van der Waals surface area contributed by atoms with Crippen LogP contribution in [-0.4, -0.2) is 9.78 Å². The van der Waals surface area contributed by atoms with Crippen LogP contribution >= 0.6 is 11.6 Å². The van der Waals surface area contributed by atoms with Gasteiger partial charge in [-0.15, -0.1) is 0 Å². The molecule has 0 aliphatic heterocycles. The standard InChI is InChI=1S/C10H17ClN2/c1-5-6-7(2)10-9(11)8(3)12-13(10)4/h7H,5-6H2,1-4H3. The van der Waals surface area contributed by atoms with Crippen molar-refractivity contribution in [1.29, 1.82) is 0 Å². The maximum absolute atomic E-state index is 6.16. The molecule has 1 unspecified atom stereocenters. The fourth-order valence-electron chi connectivity index (χ4n) is 1.76. The van der Waals surface area contributed by atoms with E-state index in [1.54, 1.807) is 0 Å². The van der Waals surface area contributed by atoms with Crippen LogP contribution in [0.2, 0.25) is 5.02 Å². The van der Waals surface area contributed by atoms with Gasteiger partial charge in [-0.2, -0.15) is 5.10 Å². The lowest BCUT2D eigenvalue weighted by Crippen LogP contribution is -2.02. The predicted octanol–water partition coefficient (Wildman–Crippen LogP) is 3.29. The van der Waals surface area contributed by atoms with E-state index in [0.29, 0.717) is 5.92 Å². The van der Waals surface area contributed by atoms with Crippen molar-refractivity contribution in [3.8, 4) is 0 Å². The summed E-state index contributed by atoms with van der Waals surface area (Å²) >= 11 is 6.16. The van der Waals surface area contributed by atoms with Gasteiger partial charge in [0, 0.05) is 7.05 Å². The van der Waals surface area contributed by atoms with Crippen LogP contribution in [0.25, 0.3) is 0 Å². The largest absolute Gasteiger partial charge is 0.271 e. The third kappa shape index (κ3) is 2.05. The monoisotopic (exact) mass is 200 g/mol. The molecule has 0 aliphatic rings. The van der Waals surface area contributed by atoms with E-state index >= 15 is 0 Å². The summed E-state index contributed by atoms with van der Waals surface area (Å²) in [5, 5.41) is 5.14. The van der Waals surface area contributed by atoms with Gasteiger partial charge in [-0.25, -0.2) is 0 Å². The van der Waals surface area contributed by atoms with Gasteiger partial charge in [-0.05, 0) is 19.3 Å². The second-order valence-corrected chi connectivity index (χ2v) is 3.98. The molecule has 0 amide bonds. The maximum Gasteiger partial charge on any atom is 0.0849 e. The lowest BCUT2D eigenvalue weighted by atomic mass is 10.0. The van der Waals surface area contributed by atoms with Crippen molar-refractivity contribution in [3.05, 3.63) is 16.4 Å². The van der Waals surface area contributed by atoms with E-state index < -0.39 is 0 Å². The Bertz CT molecular complexity index is 291. The van der Waals surface area contributed by atoms with Crippen LogP contribution in [0.5, 0.6) is 0 Å². The molecule has 3 heteroatoms. The van der Waals surface area contributed by atoms with Crippen LogP contribution in [0.1, 0.15) is 44.0 Å². The summed E-state index contributed by atoms with van der Waals surface area (Å²) in [6, 6.07) is 0. The van der Waals surface area contributed by atoms with Gasteiger partial charge in [0.25, 0.3) is 0 Å². The number of rotatable bonds is 3. The molecule has 0 spiro atoms. The molecule has 1 heterocycles. The SMILES string of the molecule is CCCC(C)c1c(Cl)c(C)nn1C. The van der Waals surface area contributed by atoms with Crippen LogP contribution in [-0.2, 0) is 7.05 Å². The molecule has 0 fully saturated rings. The molecule has 0 aliphatic carbocycles. The van der Waals surface area contributed by atoms with Gasteiger partial charge in [0.2, 0.25) is 0 Å². The van der Waals surface area contributed by atoms with Crippen molar-refractivity contribution < 1.29 is 0 Å². The van der Waals surface area contributed by atoms with Crippen LogP contribution < -0.4 is 0 Å². The number of aromatic nitrogens is 2. The third-order valence-corrected chi connectivity index (χ3v) is 2.85. The summed E-state index contributed by atoms with van der Waals surface area (Å²) in [4.78, 5) is 0. The summed E-state index contributed by atoms with van der Waals surface area (Å²) in [6.45, 7) is 6.34. The van der Waals surface area contributed by atoms with Crippen molar-refractivity contribution in [1.82, 2.24) is 9.78 Å². The highest BCUT2D eigenvalue weighted by Gasteiger charge is 2.16. The molecule has 0 saturated heterocycles. The minimum atomic E-state index is 0.503. The first kappa shape index (κ1) is 10.6. The van der Waals surface area contributed by atoms with Gasteiger partial charge >= 0.3 is 0 Å². The highest BCUT2D eigenvalue weighted by molar-refractivity contribution is 6.31. The topological polar surface area (TPSA) is 17.8 Å². The normalized spacial score (nSPS) is 13.3. The Kier molecular flexibility index (Phi) is 3.37. The molecule has 0 aromatic carbocycles. The first-order chi connectivity index (χ1) is 6.07. The molecule has 1 atom stereocenters. The first-order valence-electron chi connectivity index (χ1n) is 4.76. The zero-order valence-electron chi connectivity index (χ0n) is 8.76. The fourth-order valence-corrected chi connectivity index (χ4v) is 2.10. The van der Waals surface area contributed by atoms with E-state index in [9.17, 15) is 0 Å². The second-order valence-electron chi connectivity index (χ2n) is 3.60. The lowest BCUT2D eigenvalue weighted by molar-refractivity contribution is 0.593. The first-order valence-corrected chi connectivity index (χ1v) is 5.14. The van der Waals surface area contributed by atoms with Gasteiger partial charge in [0.05, 0.1) is 16.4 Å². The van der Waals surface area contributed by atoms with E-state index in [2.05, 4.69) is 18.9 Å². The maximum atomic E-state index is 6.16. The summed E-state index contributed by atoms with van der Waals surface area (Å²) in [5.74, 6) is 0.503. The molecular weight excluding hydrogens is 184 g/mol. The van der Waals surface area contributed by atoms with Crippen molar-refractivity contribution in [3.63, 3.8) is 0 Å². The van der Waals surface area contributed by atoms with Gasteiger partial charge in [0.15, 0.2) is 0 Å². The Balaban J connectivity index is 2.98. The summed E-state index contributed by atoms with van der Waals surface area (Å²) in [6.07, 6.45) is 2.35. The van der Waals surface area contributed by atoms with Crippen LogP contribution in [0.3, 0.4) is 0 Å². The van der Waals surface area contributed by atoms with E-state index in [0.717, 1.165) is 10.7 Å². The highest BCUT2D eigenvalue weighted by atomic mass is 35.5. The lowest BCUT2D eigenvalue weighted by Gasteiger charge is -2.10. The third-order valence-electron chi connectivity index (χ3n) is 2.38. The molecule has 0 bridgehead atoms. The van der Waals surface area contributed by atoms with Crippen molar-refractivity contribution in [2.24, 2.45) is 7.05 Å². The molecule has 13 heavy (non-hydrogen) atoms. The predicted molar refractivity (Wildman–Crippen MR) is 56.3 cm³/mol. The van der Waals surface area contributed by atoms with Crippen LogP contribution in [0.4, 0.5) is 0 Å². The Morgan fingerprint density at radius 3 is 2.54 bits per heavy atom. The average molecular weight is 201 g/mol. The van der Waals surface area contributed by atoms with Crippen molar-refractivity contribution in [2.75, 3.05) is 0 Å². The zero-order valence-corrected chi connectivity index (χ0v) is 9.52. The Morgan fingerprint density at radius 2 is 2.15 bits per heavy atom. The average Bonchev–Trinajstić information content (AvgIpc) is 2.27. The van der Waals surface area contributed by atoms with Crippen molar-refractivity contribution in [2.45, 2.75) is 39.5 Å². The molecule has 74 valence electrons. The molecule has 1 rings (SSSR count). The highest BCUT2D eigenvalue weighted by Crippen LogP contribution is 2.29. The number of hydrogen-bond acceptors (Lipinski definition) is 1. The molecule has 2 nitrogen and oxygen atoms in total.